The minimum atomic E-state index is -2.47. The Morgan fingerprint density at radius 2 is 2.23 bits per heavy atom. The molecule has 1 aliphatic rings. The molecule has 1 aromatic heterocycles. The normalized spacial score (nSPS) is 15.4. The number of aromatic nitrogens is 2. The van der Waals surface area contributed by atoms with Crippen molar-refractivity contribution in [3.05, 3.63) is 12.4 Å². The maximum Gasteiger partial charge on any atom is 0.319 e. The van der Waals surface area contributed by atoms with Gasteiger partial charge in [-0.2, -0.15) is 5.10 Å². The predicted molar refractivity (Wildman–Crippen MR) is 78.1 cm³/mol. The molecule has 1 aromatic rings. The van der Waals surface area contributed by atoms with Crippen molar-refractivity contribution in [3.8, 4) is 0 Å². The monoisotopic (exact) mass is 316 g/mol. The summed E-state index contributed by atoms with van der Waals surface area (Å²) in [6.45, 7) is 0.656. The lowest BCUT2D eigenvalue weighted by Crippen LogP contribution is -2.30. The topological polar surface area (TPSA) is 68.2 Å². The minimum absolute atomic E-state index is 0.377. The summed E-state index contributed by atoms with van der Waals surface area (Å²) in [4.78, 5) is 11.6. The number of hydrogen-bond donors (Lipinski definition) is 2. The first kappa shape index (κ1) is 16.7. The fraction of sp³-hybridized carbons (Fsp3) is 0.714. The molecule has 1 saturated carbocycles. The number of anilines is 1. The van der Waals surface area contributed by atoms with Crippen LogP contribution in [0.3, 0.4) is 0 Å². The molecule has 0 aromatic carbocycles. The summed E-state index contributed by atoms with van der Waals surface area (Å²) < 4.78 is 31.1. The number of carbonyl (C=O) groups is 1. The molecule has 2 N–H and O–H groups in total. The van der Waals surface area contributed by atoms with Crippen LogP contribution in [0, 0.1) is 0 Å². The van der Waals surface area contributed by atoms with Crippen molar-refractivity contribution in [3.63, 3.8) is 0 Å². The Bertz CT molecular complexity index is 461. The van der Waals surface area contributed by atoms with Crippen LogP contribution in [0.5, 0.6) is 0 Å². The highest BCUT2D eigenvalue weighted by atomic mass is 19.3. The van der Waals surface area contributed by atoms with Crippen LogP contribution in [-0.4, -0.2) is 41.5 Å². The second-order valence-electron chi connectivity index (χ2n) is 5.35. The lowest BCUT2D eigenvalue weighted by molar-refractivity contribution is 0.0572. The highest BCUT2D eigenvalue weighted by Crippen LogP contribution is 2.20. The van der Waals surface area contributed by atoms with E-state index in [0.717, 1.165) is 23.9 Å². The van der Waals surface area contributed by atoms with Crippen molar-refractivity contribution in [1.82, 2.24) is 15.1 Å². The Hall–Kier alpha value is -1.70. The molecule has 2 rings (SSSR count). The number of hydrogen-bond acceptors (Lipinski definition) is 3. The fourth-order valence-electron chi connectivity index (χ4n) is 2.42. The predicted octanol–water partition coefficient (Wildman–Crippen LogP) is 2.62. The number of nitrogens with one attached hydrogen (secondary N) is 2. The number of nitrogens with zero attached hydrogens (tertiary/aromatic N) is 2. The van der Waals surface area contributed by atoms with Gasteiger partial charge in [0.25, 0.3) is 6.43 Å². The van der Waals surface area contributed by atoms with Gasteiger partial charge in [0, 0.05) is 19.3 Å². The standard InChI is InChI=1S/C14H22F2N4O2/c15-13(16)10-20-9-11(8-18-20)19-14(21)17-6-3-7-22-12-4-1-2-5-12/h8-9,12-13H,1-7,10H2,(H2,17,19,21). The van der Waals surface area contributed by atoms with Crippen LogP contribution in [0.2, 0.25) is 0 Å². The average molecular weight is 316 g/mol. The largest absolute Gasteiger partial charge is 0.378 e. The van der Waals surface area contributed by atoms with E-state index in [1.165, 1.54) is 25.2 Å². The zero-order valence-corrected chi connectivity index (χ0v) is 12.4. The summed E-state index contributed by atoms with van der Waals surface area (Å²) in [5.74, 6) is 0. The molecule has 2 amide bonds. The van der Waals surface area contributed by atoms with Crippen molar-refractivity contribution in [1.29, 1.82) is 0 Å². The van der Waals surface area contributed by atoms with Gasteiger partial charge in [0.2, 0.25) is 0 Å². The van der Waals surface area contributed by atoms with Crippen molar-refractivity contribution < 1.29 is 18.3 Å². The molecule has 0 bridgehead atoms. The van der Waals surface area contributed by atoms with Crippen molar-refractivity contribution in [2.45, 2.75) is 51.2 Å². The molecular formula is C14H22F2N4O2. The zero-order chi connectivity index (χ0) is 15.8. The fourth-order valence-corrected chi connectivity index (χ4v) is 2.42. The molecule has 1 fully saturated rings. The molecule has 0 unspecified atom stereocenters. The smallest absolute Gasteiger partial charge is 0.319 e. The van der Waals surface area contributed by atoms with E-state index in [1.807, 2.05) is 0 Å². The van der Waals surface area contributed by atoms with Gasteiger partial charge in [0.05, 0.1) is 18.0 Å². The van der Waals surface area contributed by atoms with Crippen LogP contribution in [0.15, 0.2) is 12.4 Å². The summed E-state index contributed by atoms with van der Waals surface area (Å²) in [5, 5.41) is 8.98. The van der Waals surface area contributed by atoms with E-state index < -0.39 is 13.0 Å². The molecule has 0 atom stereocenters. The lowest BCUT2D eigenvalue weighted by atomic mass is 10.3. The number of carbonyl (C=O) groups excluding carboxylic acids is 1. The Kier molecular flexibility index (Phi) is 6.57. The van der Waals surface area contributed by atoms with Gasteiger partial charge in [-0.1, -0.05) is 12.8 Å². The number of halogens is 2. The second-order valence-corrected chi connectivity index (χ2v) is 5.35. The second kappa shape index (κ2) is 8.67. The molecule has 0 radical (unpaired) electrons. The van der Waals surface area contributed by atoms with Crippen molar-refractivity contribution >= 4 is 11.7 Å². The molecule has 22 heavy (non-hydrogen) atoms. The molecule has 124 valence electrons. The number of urea groups is 1. The summed E-state index contributed by atoms with van der Waals surface area (Å²) in [5.41, 5.74) is 0.389. The van der Waals surface area contributed by atoms with Crippen molar-refractivity contribution in [2.24, 2.45) is 0 Å². The van der Waals surface area contributed by atoms with E-state index in [1.54, 1.807) is 0 Å². The van der Waals surface area contributed by atoms with Gasteiger partial charge >= 0.3 is 6.03 Å². The van der Waals surface area contributed by atoms with E-state index in [-0.39, 0.29) is 6.03 Å². The van der Waals surface area contributed by atoms with Crippen LogP contribution >= 0.6 is 0 Å². The van der Waals surface area contributed by atoms with Gasteiger partial charge in [-0.25, -0.2) is 13.6 Å². The Morgan fingerprint density at radius 1 is 1.45 bits per heavy atom. The van der Waals surface area contributed by atoms with Gasteiger partial charge in [-0.05, 0) is 19.3 Å². The average Bonchev–Trinajstić information content (AvgIpc) is 3.10. The Balaban J connectivity index is 1.56. The van der Waals surface area contributed by atoms with E-state index in [0.29, 0.717) is 24.9 Å². The van der Waals surface area contributed by atoms with E-state index in [4.69, 9.17) is 4.74 Å². The van der Waals surface area contributed by atoms with Crippen LogP contribution < -0.4 is 10.6 Å². The quantitative estimate of drug-likeness (QED) is 0.724. The maximum absolute atomic E-state index is 12.2. The molecule has 0 saturated heterocycles. The Morgan fingerprint density at radius 3 is 2.95 bits per heavy atom. The van der Waals surface area contributed by atoms with E-state index >= 15 is 0 Å². The number of amides is 2. The third kappa shape index (κ3) is 5.97. The number of alkyl halides is 2. The van der Waals surface area contributed by atoms with Crippen LogP contribution in [0.25, 0.3) is 0 Å². The van der Waals surface area contributed by atoms with Gasteiger partial charge in [0.1, 0.15) is 6.54 Å². The molecule has 1 aliphatic carbocycles. The van der Waals surface area contributed by atoms with Gasteiger partial charge < -0.3 is 15.4 Å². The van der Waals surface area contributed by atoms with Crippen LogP contribution in [0.4, 0.5) is 19.3 Å². The minimum Gasteiger partial charge on any atom is -0.378 e. The molecule has 0 aliphatic heterocycles. The summed E-state index contributed by atoms with van der Waals surface area (Å²) in [6.07, 6.45) is 6.12. The van der Waals surface area contributed by atoms with E-state index in [2.05, 4.69) is 15.7 Å². The lowest BCUT2D eigenvalue weighted by Gasteiger charge is -2.11. The SMILES string of the molecule is O=C(NCCCOC1CCCC1)Nc1cnn(CC(F)F)c1. The first-order valence-electron chi connectivity index (χ1n) is 7.60. The zero-order valence-electron chi connectivity index (χ0n) is 12.4. The summed E-state index contributed by atoms with van der Waals surface area (Å²) in [6, 6.07) is -0.377. The molecular weight excluding hydrogens is 294 g/mol. The number of rotatable bonds is 8. The first-order valence-corrected chi connectivity index (χ1v) is 7.60. The van der Waals surface area contributed by atoms with Crippen molar-refractivity contribution in [2.75, 3.05) is 18.5 Å². The molecule has 0 spiro atoms. The molecule has 6 nitrogen and oxygen atoms in total. The number of ether oxygens (including phenoxy) is 1. The molecule has 1 heterocycles. The maximum atomic E-state index is 12.2. The highest BCUT2D eigenvalue weighted by molar-refractivity contribution is 5.88. The Labute approximate surface area is 128 Å². The molecule has 8 heteroatoms. The van der Waals surface area contributed by atoms with Crippen LogP contribution in [-0.2, 0) is 11.3 Å². The van der Waals surface area contributed by atoms with Gasteiger partial charge in [-0.15, -0.1) is 0 Å². The summed E-state index contributed by atoms with van der Waals surface area (Å²) in [7, 11) is 0. The first-order chi connectivity index (χ1) is 10.6. The van der Waals surface area contributed by atoms with E-state index in [9.17, 15) is 13.6 Å². The highest BCUT2D eigenvalue weighted by Gasteiger charge is 2.14. The van der Waals surface area contributed by atoms with Gasteiger partial charge in [0.15, 0.2) is 0 Å². The van der Waals surface area contributed by atoms with Crippen LogP contribution in [0.1, 0.15) is 32.1 Å². The third-order valence-electron chi connectivity index (χ3n) is 3.48. The third-order valence-corrected chi connectivity index (χ3v) is 3.48. The summed E-state index contributed by atoms with van der Waals surface area (Å²) >= 11 is 0. The van der Waals surface area contributed by atoms with Gasteiger partial charge in [-0.3, -0.25) is 4.68 Å².